The molecule has 1 unspecified atom stereocenters. The number of aliphatic carboxylic acids is 1. The van der Waals surface area contributed by atoms with Gasteiger partial charge in [-0.3, -0.25) is 4.68 Å². The number of aryl methyl sites for hydroxylation is 1. The number of carbonyl (C=O) groups excluding carboxylic acids is 1. The highest BCUT2D eigenvalue weighted by Gasteiger charge is 2.23. The topological polar surface area (TPSA) is 96.2 Å². The molecule has 0 aliphatic carbocycles. The lowest BCUT2D eigenvalue weighted by molar-refractivity contribution is -0.139. The minimum Gasteiger partial charge on any atom is -0.479 e. The molecule has 0 aliphatic heterocycles. The van der Waals surface area contributed by atoms with Crippen molar-refractivity contribution < 1.29 is 14.7 Å². The van der Waals surface area contributed by atoms with Crippen LogP contribution in [-0.2, 0) is 11.8 Å². The summed E-state index contributed by atoms with van der Waals surface area (Å²) >= 11 is 3.08. The van der Waals surface area contributed by atoms with Crippen molar-refractivity contribution >= 4 is 27.9 Å². The highest BCUT2D eigenvalue weighted by atomic mass is 79.9. The lowest BCUT2D eigenvalue weighted by Crippen LogP contribution is -2.41. The van der Waals surface area contributed by atoms with Gasteiger partial charge in [0, 0.05) is 23.3 Å². The number of carboxylic acid groups (broad SMARTS) is 1. The van der Waals surface area contributed by atoms with Crippen molar-refractivity contribution in [1.82, 2.24) is 20.4 Å². The molecule has 1 aromatic heterocycles. The number of carbonyl (C=O) groups is 2. The predicted molar refractivity (Wildman–Crippen MR) is 68.2 cm³/mol. The van der Waals surface area contributed by atoms with Crippen LogP contribution in [0, 0.1) is 0 Å². The van der Waals surface area contributed by atoms with Gasteiger partial charge in [-0.1, -0.05) is 22.5 Å². The molecule has 1 aromatic rings. The van der Waals surface area contributed by atoms with E-state index in [1.54, 1.807) is 7.05 Å². The van der Waals surface area contributed by atoms with Crippen LogP contribution in [-0.4, -0.2) is 33.4 Å². The molecule has 1 heterocycles. The summed E-state index contributed by atoms with van der Waals surface area (Å²) in [7, 11) is 1.66. The lowest BCUT2D eigenvalue weighted by Gasteiger charge is -2.13. The summed E-state index contributed by atoms with van der Waals surface area (Å²) in [6, 6.07) is -1.73. The van der Waals surface area contributed by atoms with Crippen LogP contribution in [0.1, 0.15) is 11.6 Å². The Morgan fingerprint density at radius 2 is 2.33 bits per heavy atom. The van der Waals surface area contributed by atoms with Crippen LogP contribution in [0.2, 0.25) is 0 Å². The number of rotatable bonds is 5. The number of carboxylic acids is 1. The average Bonchev–Trinajstić information content (AvgIpc) is 2.69. The van der Waals surface area contributed by atoms with Crippen molar-refractivity contribution in [3.8, 4) is 0 Å². The van der Waals surface area contributed by atoms with Gasteiger partial charge >= 0.3 is 12.0 Å². The minimum absolute atomic E-state index is 0.214. The van der Waals surface area contributed by atoms with Crippen molar-refractivity contribution in [2.75, 3.05) is 6.54 Å². The number of hydrogen-bond donors (Lipinski definition) is 3. The molecular formula is C10H13BrN4O3. The zero-order valence-corrected chi connectivity index (χ0v) is 11.3. The highest BCUT2D eigenvalue weighted by molar-refractivity contribution is 9.11. The Kier molecular flexibility index (Phi) is 4.90. The van der Waals surface area contributed by atoms with E-state index in [1.807, 2.05) is 0 Å². The predicted octanol–water partition coefficient (Wildman–Crippen LogP) is 0.754. The second-order valence-corrected chi connectivity index (χ2v) is 4.68. The van der Waals surface area contributed by atoms with Gasteiger partial charge < -0.3 is 15.7 Å². The van der Waals surface area contributed by atoms with Crippen LogP contribution < -0.4 is 10.6 Å². The first-order valence-electron chi connectivity index (χ1n) is 4.99. The van der Waals surface area contributed by atoms with Gasteiger partial charge in [0.05, 0.1) is 12.7 Å². The summed E-state index contributed by atoms with van der Waals surface area (Å²) in [5.74, 6) is -1.16. The zero-order chi connectivity index (χ0) is 13.7. The monoisotopic (exact) mass is 316 g/mol. The van der Waals surface area contributed by atoms with Crippen LogP contribution in [0.4, 0.5) is 4.79 Å². The van der Waals surface area contributed by atoms with Gasteiger partial charge in [-0.15, -0.1) is 0 Å². The van der Waals surface area contributed by atoms with Crippen molar-refractivity contribution in [3.05, 3.63) is 29.0 Å². The standard InChI is InChI=1S/C10H13BrN4O3/c1-6(11)3-12-10(18)14-8(9(16)17)7-4-13-15(2)5-7/h4-5,8H,1,3H2,2H3,(H,16,17)(H2,12,14,18). The van der Waals surface area contributed by atoms with Crippen molar-refractivity contribution in [2.24, 2.45) is 7.05 Å². The maximum atomic E-state index is 11.5. The van der Waals surface area contributed by atoms with Crippen molar-refractivity contribution in [2.45, 2.75) is 6.04 Å². The molecule has 7 nitrogen and oxygen atoms in total. The molecule has 8 heteroatoms. The largest absolute Gasteiger partial charge is 0.479 e. The Morgan fingerprint density at radius 3 is 2.78 bits per heavy atom. The van der Waals surface area contributed by atoms with E-state index in [2.05, 4.69) is 38.2 Å². The van der Waals surface area contributed by atoms with Crippen LogP contribution >= 0.6 is 15.9 Å². The molecule has 1 atom stereocenters. The summed E-state index contributed by atoms with van der Waals surface area (Å²) in [4.78, 5) is 22.5. The summed E-state index contributed by atoms with van der Waals surface area (Å²) in [6.45, 7) is 3.76. The molecule has 3 N–H and O–H groups in total. The smallest absolute Gasteiger partial charge is 0.331 e. The Hall–Kier alpha value is -1.83. The van der Waals surface area contributed by atoms with Gasteiger partial charge in [-0.25, -0.2) is 9.59 Å². The van der Waals surface area contributed by atoms with Gasteiger partial charge in [0.2, 0.25) is 0 Å². The molecule has 1 rings (SSSR count). The molecule has 0 saturated heterocycles. The van der Waals surface area contributed by atoms with E-state index in [4.69, 9.17) is 5.11 Å². The van der Waals surface area contributed by atoms with Gasteiger partial charge in [-0.2, -0.15) is 5.10 Å². The van der Waals surface area contributed by atoms with E-state index in [0.29, 0.717) is 10.0 Å². The molecule has 18 heavy (non-hydrogen) atoms. The van der Waals surface area contributed by atoms with E-state index >= 15 is 0 Å². The summed E-state index contributed by atoms with van der Waals surface area (Å²) in [5.41, 5.74) is 0.401. The minimum atomic E-state index is -1.16. The molecule has 0 saturated carbocycles. The number of aromatic nitrogens is 2. The third kappa shape index (κ3) is 4.21. The Morgan fingerprint density at radius 1 is 1.67 bits per heavy atom. The van der Waals surface area contributed by atoms with Gasteiger partial charge in [0.15, 0.2) is 6.04 Å². The second kappa shape index (κ2) is 6.20. The normalized spacial score (nSPS) is 11.7. The third-order valence-corrected chi connectivity index (χ3v) is 2.30. The van der Waals surface area contributed by atoms with Crippen molar-refractivity contribution in [1.29, 1.82) is 0 Å². The fourth-order valence-corrected chi connectivity index (χ4v) is 1.38. The van der Waals surface area contributed by atoms with Crippen LogP contribution in [0.5, 0.6) is 0 Å². The fraction of sp³-hybridized carbons (Fsp3) is 0.300. The van der Waals surface area contributed by atoms with E-state index < -0.39 is 18.0 Å². The summed E-state index contributed by atoms with van der Waals surface area (Å²) in [5, 5.41) is 17.7. The number of nitrogens with one attached hydrogen (secondary N) is 2. The van der Waals surface area contributed by atoms with Crippen LogP contribution in [0.3, 0.4) is 0 Å². The van der Waals surface area contributed by atoms with E-state index in [9.17, 15) is 9.59 Å². The lowest BCUT2D eigenvalue weighted by atomic mass is 10.1. The molecule has 0 bridgehead atoms. The molecule has 98 valence electrons. The molecule has 0 fully saturated rings. The van der Waals surface area contributed by atoms with Gasteiger partial charge in [0.25, 0.3) is 0 Å². The third-order valence-electron chi connectivity index (χ3n) is 2.02. The maximum Gasteiger partial charge on any atom is 0.331 e. The number of amides is 2. The first-order valence-corrected chi connectivity index (χ1v) is 5.78. The number of nitrogens with zero attached hydrogens (tertiary/aromatic N) is 2. The van der Waals surface area contributed by atoms with Crippen LogP contribution in [0.15, 0.2) is 23.5 Å². The molecule has 0 aromatic carbocycles. The van der Waals surface area contributed by atoms with Gasteiger partial charge in [-0.05, 0) is 0 Å². The number of urea groups is 1. The average molecular weight is 317 g/mol. The van der Waals surface area contributed by atoms with E-state index in [-0.39, 0.29) is 6.54 Å². The maximum absolute atomic E-state index is 11.5. The van der Waals surface area contributed by atoms with Gasteiger partial charge in [0.1, 0.15) is 0 Å². The number of halogens is 1. The molecular weight excluding hydrogens is 304 g/mol. The first kappa shape index (κ1) is 14.2. The quantitative estimate of drug-likeness (QED) is 0.747. The summed E-state index contributed by atoms with van der Waals surface area (Å²) < 4.78 is 2.05. The zero-order valence-electron chi connectivity index (χ0n) is 9.68. The SMILES string of the molecule is C=C(Br)CNC(=O)NC(C(=O)O)c1cnn(C)c1. The summed E-state index contributed by atoms with van der Waals surface area (Å²) in [6.07, 6.45) is 2.92. The molecule has 0 aliphatic rings. The number of hydrogen-bond acceptors (Lipinski definition) is 3. The highest BCUT2D eigenvalue weighted by Crippen LogP contribution is 2.11. The Labute approximate surface area is 112 Å². The van der Waals surface area contributed by atoms with Crippen LogP contribution in [0.25, 0.3) is 0 Å². The molecule has 0 radical (unpaired) electrons. The Bertz CT molecular complexity index is 471. The second-order valence-electron chi connectivity index (χ2n) is 3.56. The molecule has 0 spiro atoms. The van der Waals surface area contributed by atoms with E-state index in [1.165, 1.54) is 17.1 Å². The molecule has 2 amide bonds. The van der Waals surface area contributed by atoms with Crippen molar-refractivity contribution in [3.63, 3.8) is 0 Å². The fourth-order valence-electron chi connectivity index (χ4n) is 1.24. The Balaban J connectivity index is 2.67. The van der Waals surface area contributed by atoms with E-state index in [0.717, 1.165) is 0 Å². The first-order chi connectivity index (χ1) is 8.40.